The molecular weight excluding hydrogens is 816 g/mol. The Balaban J connectivity index is 0.000000139. The Labute approximate surface area is 360 Å². The van der Waals surface area contributed by atoms with Gasteiger partial charge in [0.15, 0.2) is 0 Å². The molecule has 0 saturated heterocycles. The number of aryl methyl sites for hydroxylation is 2. The van der Waals surface area contributed by atoms with E-state index in [-0.39, 0.29) is 4.90 Å². The Hall–Kier alpha value is -4.84. The van der Waals surface area contributed by atoms with Crippen LogP contribution in [0.5, 0.6) is 0 Å². The van der Waals surface area contributed by atoms with Gasteiger partial charge in [-0.25, -0.2) is 8.42 Å². The Bertz CT molecular complexity index is 2430. The fraction of sp³-hybridized carbons (Fsp3) is 0.535. The van der Waals surface area contributed by atoms with E-state index in [2.05, 4.69) is 80.2 Å². The Morgan fingerprint density at radius 3 is 1.74 bits per heavy atom. The van der Waals surface area contributed by atoms with Crippen molar-refractivity contribution in [3.8, 4) is 22.8 Å². The van der Waals surface area contributed by atoms with Crippen LogP contribution in [0.25, 0.3) is 22.8 Å². The molecule has 4 aliphatic carbocycles. The third-order valence-electron chi connectivity index (χ3n) is 12.2. The molecule has 0 unspecified atom stereocenters. The van der Waals surface area contributed by atoms with Gasteiger partial charge in [-0.15, -0.1) is 20.4 Å². The lowest BCUT2D eigenvalue weighted by atomic mass is 9.90. The van der Waals surface area contributed by atoms with Crippen LogP contribution < -0.4 is 11.1 Å². The van der Waals surface area contributed by atoms with E-state index in [1.165, 1.54) is 68.6 Å². The Kier molecular flexibility index (Phi) is 13.7. The van der Waals surface area contributed by atoms with E-state index in [4.69, 9.17) is 25.5 Å². The van der Waals surface area contributed by atoms with Crippen molar-refractivity contribution in [1.29, 1.82) is 0 Å². The summed E-state index contributed by atoms with van der Waals surface area (Å²) in [6.07, 6.45) is 22.8. The third kappa shape index (κ3) is 11.2. The van der Waals surface area contributed by atoms with Crippen molar-refractivity contribution in [3.05, 3.63) is 90.2 Å². The van der Waals surface area contributed by atoms with Gasteiger partial charge in [-0.1, -0.05) is 36.3 Å². The van der Waals surface area contributed by atoms with E-state index in [1.807, 2.05) is 19.6 Å². The van der Waals surface area contributed by atoms with Crippen LogP contribution in [0.2, 0.25) is 0 Å². The van der Waals surface area contributed by atoms with Gasteiger partial charge >= 0.3 is 0 Å². The predicted octanol–water partition coefficient (Wildman–Crippen LogP) is 7.87. The van der Waals surface area contributed by atoms with E-state index >= 15 is 0 Å². The second-order valence-corrected chi connectivity index (χ2v) is 19.2. The van der Waals surface area contributed by atoms with Gasteiger partial charge in [-0.3, -0.25) is 0 Å². The summed E-state index contributed by atoms with van der Waals surface area (Å²) in [4.78, 5) is 9.08. The molecular formula is C43H55ClN12O4S. The zero-order valence-electron chi connectivity index (χ0n) is 34.8. The first-order valence-corrected chi connectivity index (χ1v) is 24.0. The summed E-state index contributed by atoms with van der Waals surface area (Å²) in [5.41, 5.74) is 11.0. The Morgan fingerprint density at radius 2 is 1.21 bits per heavy atom. The van der Waals surface area contributed by atoms with Crippen LogP contribution in [0.4, 0.5) is 0 Å². The third-order valence-corrected chi connectivity index (χ3v) is 13.6. The van der Waals surface area contributed by atoms with Gasteiger partial charge in [-0.05, 0) is 131 Å². The van der Waals surface area contributed by atoms with Crippen molar-refractivity contribution in [2.24, 2.45) is 5.73 Å². The van der Waals surface area contributed by atoms with Crippen molar-refractivity contribution in [1.82, 2.24) is 55.1 Å². The lowest BCUT2D eigenvalue weighted by molar-refractivity contribution is 0.283. The summed E-state index contributed by atoms with van der Waals surface area (Å²) in [7, 11) is 1.68. The first-order chi connectivity index (χ1) is 29.6. The van der Waals surface area contributed by atoms with Gasteiger partial charge in [0, 0.05) is 64.4 Å². The van der Waals surface area contributed by atoms with Gasteiger partial charge in [0.25, 0.3) is 9.05 Å². The molecule has 4 aliphatic rings. The van der Waals surface area contributed by atoms with E-state index < -0.39 is 9.05 Å². The number of aromatic nitrogens is 10. The van der Waals surface area contributed by atoms with Crippen molar-refractivity contribution < 1.29 is 17.5 Å². The molecule has 4 aromatic heterocycles. The molecule has 0 amide bonds. The molecule has 61 heavy (non-hydrogen) atoms. The maximum absolute atomic E-state index is 11.5. The molecule has 0 aliphatic heterocycles. The van der Waals surface area contributed by atoms with Crippen LogP contribution in [0.15, 0.2) is 75.6 Å². The monoisotopic (exact) mass is 870 g/mol. The van der Waals surface area contributed by atoms with Gasteiger partial charge < -0.3 is 29.2 Å². The number of hydrogen-bond acceptors (Lipinski definition) is 14. The first-order valence-electron chi connectivity index (χ1n) is 21.7. The summed E-state index contributed by atoms with van der Waals surface area (Å²) in [5.74, 6) is 3.54. The number of hydrogen-bond donors (Lipinski definition) is 2. The van der Waals surface area contributed by atoms with E-state index in [0.29, 0.717) is 65.5 Å². The van der Waals surface area contributed by atoms with Crippen LogP contribution in [-0.4, -0.2) is 70.3 Å². The molecule has 4 atom stereocenters. The maximum Gasteiger partial charge on any atom is 0.261 e. The molecule has 2 aromatic carbocycles. The van der Waals surface area contributed by atoms with Crippen LogP contribution in [0, 0.1) is 0 Å². The fourth-order valence-electron chi connectivity index (χ4n) is 8.34. The molecule has 4 heterocycles. The Morgan fingerprint density at radius 1 is 0.689 bits per heavy atom. The van der Waals surface area contributed by atoms with Crippen molar-refractivity contribution in [2.45, 2.75) is 151 Å². The quantitative estimate of drug-likeness (QED) is 0.112. The number of nitrogens with two attached hydrogens (primary N) is 1. The SMILES string of the molecule is CCc1cc(-c2noc(C3CC3)n2)ccc1CN[C@H]1CCC[C@@H](n2cnnc2)C1.CCc1cc(-c2noc(C3CC3)n2)ccc1S(=O)(=O)Cl.N[C@H]1CCC[C@@H](n2cnnc2)C1. The highest BCUT2D eigenvalue weighted by Crippen LogP contribution is 2.41. The second-order valence-electron chi connectivity index (χ2n) is 16.7. The molecule has 16 nitrogen and oxygen atoms in total. The average Bonchev–Trinajstić information content (AvgIpc) is 3.94. The van der Waals surface area contributed by atoms with Crippen LogP contribution >= 0.6 is 10.7 Å². The molecule has 3 N–H and O–H groups in total. The van der Waals surface area contributed by atoms with E-state index in [0.717, 1.165) is 55.7 Å². The lowest BCUT2D eigenvalue weighted by Crippen LogP contribution is -2.34. The second kappa shape index (κ2) is 19.5. The molecule has 0 radical (unpaired) electrons. The minimum absolute atomic E-state index is 0.135. The molecule has 4 fully saturated rings. The maximum atomic E-state index is 11.5. The van der Waals surface area contributed by atoms with Crippen LogP contribution in [0.1, 0.15) is 143 Å². The average molecular weight is 872 g/mol. The van der Waals surface area contributed by atoms with Crippen molar-refractivity contribution in [2.75, 3.05) is 0 Å². The summed E-state index contributed by atoms with van der Waals surface area (Å²) < 4.78 is 37.8. The minimum atomic E-state index is -3.73. The first kappa shape index (κ1) is 42.8. The van der Waals surface area contributed by atoms with E-state index in [1.54, 1.807) is 24.8 Å². The standard InChI is InChI=1S/C22H28N6O.C13H13ClN2O3S.C8H14N4/c1-2-15-10-17(21-26-22(29-27-21)16-6-7-16)8-9-18(15)12-23-19-4-3-5-20(11-19)28-13-24-25-14-28;1-2-8-7-10(5-6-11(8)20(14,17)18)12-15-13(19-16-12)9-3-4-9;9-7-2-1-3-8(4-7)12-5-10-11-6-12/h8-10,13-14,16,19-20,23H,2-7,11-12H2,1H3;5-7,9H,2-4H2,1H3;5-8H,1-4,9H2/t19-,20+;;7-,8+/m0.0/s1. The molecule has 0 bridgehead atoms. The summed E-state index contributed by atoms with van der Waals surface area (Å²) in [5, 5.41) is 27.4. The molecule has 324 valence electrons. The number of benzene rings is 2. The lowest BCUT2D eigenvalue weighted by Gasteiger charge is -2.30. The topological polar surface area (TPSA) is 211 Å². The smallest absolute Gasteiger partial charge is 0.261 e. The normalized spacial score (nSPS) is 21.6. The van der Waals surface area contributed by atoms with Gasteiger partial charge in [0.05, 0.1) is 4.90 Å². The highest BCUT2D eigenvalue weighted by atomic mass is 35.7. The summed E-state index contributed by atoms with van der Waals surface area (Å²) >= 11 is 0. The van der Waals surface area contributed by atoms with Gasteiger partial charge in [0.1, 0.15) is 25.3 Å². The summed E-state index contributed by atoms with van der Waals surface area (Å²) in [6.45, 7) is 4.97. The zero-order chi connectivity index (χ0) is 42.3. The zero-order valence-corrected chi connectivity index (χ0v) is 36.4. The number of nitrogens with one attached hydrogen (secondary N) is 1. The van der Waals surface area contributed by atoms with Crippen molar-refractivity contribution in [3.63, 3.8) is 0 Å². The molecule has 10 rings (SSSR count). The van der Waals surface area contributed by atoms with Crippen molar-refractivity contribution >= 4 is 19.7 Å². The molecule has 6 aromatic rings. The molecule has 18 heteroatoms. The number of rotatable bonds is 12. The predicted molar refractivity (Wildman–Crippen MR) is 229 cm³/mol. The molecule has 0 spiro atoms. The van der Waals surface area contributed by atoms with E-state index in [9.17, 15) is 8.42 Å². The largest absolute Gasteiger partial charge is 0.339 e. The summed E-state index contributed by atoms with van der Waals surface area (Å²) in [6, 6.07) is 13.4. The van der Waals surface area contributed by atoms with Crippen LogP contribution in [-0.2, 0) is 28.4 Å². The van der Waals surface area contributed by atoms with Gasteiger partial charge in [-0.2, -0.15) is 9.97 Å². The van der Waals surface area contributed by atoms with Crippen LogP contribution in [0.3, 0.4) is 0 Å². The highest BCUT2D eigenvalue weighted by molar-refractivity contribution is 8.13. The number of nitrogens with zero attached hydrogens (tertiary/aromatic N) is 10. The fourth-order valence-corrected chi connectivity index (χ4v) is 9.54. The highest BCUT2D eigenvalue weighted by Gasteiger charge is 2.31. The number of halogens is 1. The molecule has 4 saturated carbocycles. The van der Waals surface area contributed by atoms with Gasteiger partial charge in [0.2, 0.25) is 23.4 Å². The minimum Gasteiger partial charge on any atom is -0.339 e.